The van der Waals surface area contributed by atoms with Crippen LogP contribution in [0.1, 0.15) is 33.4 Å². The Morgan fingerprint density at radius 2 is 0.721 bits per heavy atom. The van der Waals surface area contributed by atoms with Gasteiger partial charge >= 0.3 is 0 Å². The number of fused-ring (bicyclic) bond motifs is 3. The fraction of sp³-hybridized carbons (Fsp3) is 0.0500. The number of aromatic nitrogens is 1. The zero-order chi connectivity index (χ0) is 29.0. The molecule has 3 heteroatoms. The molecule has 0 fully saturated rings. The normalized spacial score (nSPS) is 12.4. The van der Waals surface area contributed by atoms with Crippen molar-refractivity contribution in [3.05, 3.63) is 197 Å². The van der Waals surface area contributed by atoms with E-state index in [0.29, 0.717) is 11.1 Å². The number of hydrogen-bond acceptors (Lipinski definition) is 2. The Bertz CT molecular complexity index is 2110. The van der Waals surface area contributed by atoms with E-state index in [0.717, 1.165) is 49.6 Å². The first kappa shape index (κ1) is 25.5. The lowest BCUT2D eigenvalue weighted by Gasteiger charge is -2.36. The minimum Gasteiger partial charge on any atom is -0.376 e. The highest BCUT2D eigenvalue weighted by atomic mass is 16.3. The first-order chi connectivity index (χ1) is 21.1. The highest BCUT2D eigenvalue weighted by Crippen LogP contribution is 2.52. The van der Waals surface area contributed by atoms with Crippen LogP contribution < -0.4 is 0 Å². The minimum atomic E-state index is -1.61. The van der Waals surface area contributed by atoms with E-state index in [4.69, 9.17) is 0 Å². The van der Waals surface area contributed by atoms with Crippen LogP contribution in [-0.4, -0.2) is 14.6 Å². The Balaban J connectivity index is 1.65. The number of hydrogen-bond donors (Lipinski definition) is 2. The summed E-state index contributed by atoms with van der Waals surface area (Å²) in [6, 6.07) is 53.8. The zero-order valence-electron chi connectivity index (χ0n) is 23.4. The van der Waals surface area contributed by atoms with E-state index in [1.807, 2.05) is 133 Å². The maximum atomic E-state index is 13.5. The Morgan fingerprint density at radius 1 is 0.349 bits per heavy atom. The van der Waals surface area contributed by atoms with Crippen LogP contribution in [0, 0.1) is 0 Å². The first-order valence-corrected chi connectivity index (χ1v) is 14.6. The van der Waals surface area contributed by atoms with Crippen LogP contribution in [0.5, 0.6) is 0 Å². The Hall–Kier alpha value is -5.22. The molecule has 0 saturated heterocycles. The van der Waals surface area contributed by atoms with E-state index in [1.54, 1.807) is 0 Å². The summed E-state index contributed by atoms with van der Waals surface area (Å²) in [6.07, 6.45) is 0. The average Bonchev–Trinajstić information content (AvgIpc) is 3.62. The second-order valence-electron chi connectivity index (χ2n) is 11.2. The summed E-state index contributed by atoms with van der Waals surface area (Å²) in [5.41, 5.74) is 3.79. The fourth-order valence-electron chi connectivity index (χ4n) is 7.03. The van der Waals surface area contributed by atoms with Gasteiger partial charge < -0.3 is 14.6 Å². The lowest BCUT2D eigenvalue weighted by Crippen LogP contribution is -2.36. The van der Waals surface area contributed by atoms with Gasteiger partial charge in [-0.25, -0.2) is 0 Å². The molecule has 0 unspecified atom stereocenters. The van der Waals surface area contributed by atoms with Gasteiger partial charge in [0.25, 0.3) is 0 Å². The molecule has 0 aliphatic carbocycles. The third-order valence-electron chi connectivity index (χ3n) is 8.90. The predicted molar refractivity (Wildman–Crippen MR) is 174 cm³/mol. The maximum absolute atomic E-state index is 13.5. The topological polar surface area (TPSA) is 44.9 Å². The molecule has 8 rings (SSSR count). The second-order valence-corrected chi connectivity index (χ2v) is 11.2. The van der Waals surface area contributed by atoms with E-state index in [-0.39, 0.29) is 0 Å². The molecule has 3 aromatic heterocycles. The van der Waals surface area contributed by atoms with Gasteiger partial charge in [0.05, 0.1) is 16.6 Å². The van der Waals surface area contributed by atoms with Crippen molar-refractivity contribution in [3.63, 3.8) is 0 Å². The maximum Gasteiger partial charge on any atom is 0.143 e. The van der Waals surface area contributed by atoms with Crippen LogP contribution in [0.15, 0.2) is 164 Å². The molecule has 3 nitrogen and oxygen atoms in total. The van der Waals surface area contributed by atoms with E-state index in [2.05, 4.69) is 34.7 Å². The molecule has 0 bridgehead atoms. The fourth-order valence-corrected chi connectivity index (χ4v) is 7.03. The molecule has 5 aromatic carbocycles. The highest BCUT2D eigenvalue weighted by Gasteiger charge is 2.47. The number of rotatable bonds is 6. The van der Waals surface area contributed by atoms with Crippen molar-refractivity contribution in [2.75, 3.05) is 0 Å². The second kappa shape index (κ2) is 9.67. The number of nitrogens with zero attached hydrogens (tertiary/aromatic N) is 1. The summed E-state index contributed by atoms with van der Waals surface area (Å²) in [4.78, 5) is 0. The molecule has 0 amide bonds. The third kappa shape index (κ3) is 3.56. The van der Waals surface area contributed by atoms with Gasteiger partial charge in [0.15, 0.2) is 0 Å². The molecule has 0 spiro atoms. The van der Waals surface area contributed by atoms with Crippen molar-refractivity contribution < 1.29 is 10.2 Å². The number of aliphatic hydroxyl groups is 2. The van der Waals surface area contributed by atoms with Crippen LogP contribution >= 0.6 is 0 Å². The molecule has 0 atom stereocenters. The summed E-state index contributed by atoms with van der Waals surface area (Å²) in [7, 11) is 0. The Labute approximate surface area is 249 Å². The largest absolute Gasteiger partial charge is 0.376 e. The van der Waals surface area contributed by atoms with Crippen LogP contribution in [0.2, 0.25) is 0 Å². The molecular weight excluding hydrogens is 526 g/mol. The molecule has 2 N–H and O–H groups in total. The molecule has 0 radical (unpaired) electrons. The van der Waals surface area contributed by atoms with Crippen molar-refractivity contribution in [3.8, 4) is 0 Å². The molecule has 206 valence electrons. The van der Waals surface area contributed by atoms with E-state index >= 15 is 0 Å². The molecule has 43 heavy (non-hydrogen) atoms. The lowest BCUT2D eigenvalue weighted by atomic mass is 9.72. The van der Waals surface area contributed by atoms with E-state index in [1.165, 1.54) is 0 Å². The van der Waals surface area contributed by atoms with Crippen molar-refractivity contribution in [1.82, 2.24) is 4.40 Å². The molecule has 8 aromatic rings. The SMILES string of the molecule is OC(c1ccccc1)(c1ccccc1)c1c(C(O)(c2ccccc2)c2ccccc2)c2c3ccccc3c3cccc1n32. The van der Waals surface area contributed by atoms with Gasteiger partial charge in [0.1, 0.15) is 11.2 Å². The van der Waals surface area contributed by atoms with Gasteiger partial charge in [0.2, 0.25) is 0 Å². The molecule has 0 saturated carbocycles. The molecule has 0 aliphatic heterocycles. The van der Waals surface area contributed by atoms with Crippen molar-refractivity contribution >= 4 is 27.3 Å². The molecule has 0 aliphatic rings. The number of benzene rings is 5. The van der Waals surface area contributed by atoms with Crippen molar-refractivity contribution in [2.24, 2.45) is 0 Å². The van der Waals surface area contributed by atoms with Gasteiger partial charge in [0, 0.05) is 21.9 Å². The van der Waals surface area contributed by atoms with Crippen molar-refractivity contribution in [1.29, 1.82) is 0 Å². The highest BCUT2D eigenvalue weighted by molar-refractivity contribution is 6.12. The van der Waals surface area contributed by atoms with Crippen LogP contribution in [0.4, 0.5) is 0 Å². The minimum absolute atomic E-state index is 0.659. The molecule has 3 heterocycles. The average molecular weight is 556 g/mol. The first-order valence-electron chi connectivity index (χ1n) is 14.6. The monoisotopic (exact) mass is 555 g/mol. The predicted octanol–water partition coefficient (Wildman–Crippen LogP) is 8.25. The third-order valence-corrected chi connectivity index (χ3v) is 8.90. The Morgan fingerprint density at radius 3 is 1.19 bits per heavy atom. The van der Waals surface area contributed by atoms with Gasteiger partial charge in [-0.2, -0.15) is 0 Å². The quantitative estimate of drug-likeness (QED) is 0.217. The Kier molecular flexibility index (Phi) is 5.73. The summed E-state index contributed by atoms with van der Waals surface area (Å²) >= 11 is 0. The summed E-state index contributed by atoms with van der Waals surface area (Å²) in [5, 5.41) is 29.0. The van der Waals surface area contributed by atoms with Gasteiger partial charge in [-0.05, 0) is 34.4 Å². The van der Waals surface area contributed by atoms with Crippen molar-refractivity contribution in [2.45, 2.75) is 11.2 Å². The summed E-state index contributed by atoms with van der Waals surface area (Å²) in [6.45, 7) is 0. The van der Waals surface area contributed by atoms with Crippen LogP contribution in [-0.2, 0) is 11.2 Å². The van der Waals surface area contributed by atoms with E-state index < -0.39 is 11.2 Å². The van der Waals surface area contributed by atoms with E-state index in [9.17, 15) is 10.2 Å². The van der Waals surface area contributed by atoms with Gasteiger partial charge in [-0.15, -0.1) is 0 Å². The zero-order valence-corrected chi connectivity index (χ0v) is 23.4. The van der Waals surface area contributed by atoms with Crippen LogP contribution in [0.25, 0.3) is 27.3 Å². The summed E-state index contributed by atoms with van der Waals surface area (Å²) in [5.74, 6) is 0. The standard InChI is InChI=1S/C40H29NO2/c42-39(28-16-5-1-6-17-28,29-18-7-2-8-19-29)36-35-27-15-26-34-32-24-13-14-25-33(32)38(41(34)35)37(36)40(43,30-20-9-3-10-21-30)31-22-11-4-12-23-31/h1-27,42-43H. The number of pyridine rings is 1. The molecular formula is C40H29NO2. The van der Waals surface area contributed by atoms with Crippen LogP contribution in [0.3, 0.4) is 0 Å². The smallest absolute Gasteiger partial charge is 0.143 e. The van der Waals surface area contributed by atoms with Gasteiger partial charge in [-0.3, -0.25) is 0 Å². The van der Waals surface area contributed by atoms with Gasteiger partial charge in [-0.1, -0.05) is 152 Å². The summed E-state index contributed by atoms with van der Waals surface area (Å²) < 4.78 is 2.23. The lowest BCUT2D eigenvalue weighted by molar-refractivity contribution is 0.103.